The van der Waals surface area contributed by atoms with Gasteiger partial charge >= 0.3 is 0 Å². The normalized spacial score (nSPS) is 19.4. The van der Waals surface area contributed by atoms with Crippen LogP contribution in [-0.4, -0.2) is 51.1 Å². The maximum atomic E-state index is 12.8. The van der Waals surface area contributed by atoms with Crippen molar-refractivity contribution in [3.05, 3.63) is 52.5 Å². The molecule has 2 amide bonds. The maximum absolute atomic E-state index is 12.8. The van der Waals surface area contributed by atoms with Gasteiger partial charge in [0.05, 0.1) is 11.4 Å². The van der Waals surface area contributed by atoms with E-state index in [9.17, 15) is 14.0 Å². The summed E-state index contributed by atoms with van der Waals surface area (Å²) in [5, 5.41) is 7.39. The molecular weight excluding hydrogens is 367 g/mol. The Balaban J connectivity index is 1.32. The van der Waals surface area contributed by atoms with E-state index in [0.29, 0.717) is 12.2 Å². The lowest BCUT2D eigenvalue weighted by Gasteiger charge is -2.29. The first-order chi connectivity index (χ1) is 13.1. The van der Waals surface area contributed by atoms with Crippen molar-refractivity contribution in [1.29, 1.82) is 0 Å². The van der Waals surface area contributed by atoms with Gasteiger partial charge in [-0.15, -0.1) is 11.3 Å². The van der Waals surface area contributed by atoms with Crippen molar-refractivity contribution in [2.75, 3.05) is 44.6 Å². The Labute approximate surface area is 162 Å². The number of benzene rings is 1. The molecule has 0 unspecified atom stereocenters. The molecule has 0 spiro atoms. The van der Waals surface area contributed by atoms with Crippen LogP contribution in [0, 0.1) is 5.82 Å². The third-order valence-electron chi connectivity index (χ3n) is 4.65. The zero-order chi connectivity index (χ0) is 19.1. The van der Waals surface area contributed by atoms with E-state index in [1.54, 1.807) is 16.2 Å². The minimum Gasteiger partial charge on any atom is -0.342 e. The molecule has 1 aromatic carbocycles. The number of hydrogen-bond acceptors (Lipinski definition) is 3. The number of amides is 2. The highest BCUT2D eigenvalue weighted by molar-refractivity contribution is 7.09. The number of nitrogens with one attached hydrogen (secondary N) is 4. The number of hydrogen-bond donors (Lipinski definition) is 4. The van der Waals surface area contributed by atoms with E-state index >= 15 is 0 Å². The molecule has 2 heterocycles. The zero-order valence-electron chi connectivity index (χ0n) is 15.1. The summed E-state index contributed by atoms with van der Waals surface area (Å²) in [5.74, 6) is -0.808. The summed E-state index contributed by atoms with van der Waals surface area (Å²) in [6.45, 7) is 5.36. The van der Waals surface area contributed by atoms with Gasteiger partial charge in [0.15, 0.2) is 6.54 Å². The summed E-state index contributed by atoms with van der Waals surface area (Å²) in [7, 11) is 0. The number of carbonyl (C=O) groups is 2. The molecular formula is C19H25FN4O2S+2. The summed E-state index contributed by atoms with van der Waals surface area (Å²) in [5.41, 5.74) is 0.506. The van der Waals surface area contributed by atoms with Crippen molar-refractivity contribution < 1.29 is 23.8 Å². The van der Waals surface area contributed by atoms with Crippen LogP contribution in [0.1, 0.15) is 4.88 Å². The lowest BCUT2D eigenvalue weighted by molar-refractivity contribution is -1.01. The van der Waals surface area contributed by atoms with Crippen LogP contribution in [-0.2, 0) is 16.1 Å². The second-order valence-electron chi connectivity index (χ2n) is 6.76. The Morgan fingerprint density at radius 3 is 2.37 bits per heavy atom. The molecule has 1 aliphatic rings. The van der Waals surface area contributed by atoms with E-state index in [4.69, 9.17) is 0 Å². The highest BCUT2D eigenvalue weighted by atomic mass is 32.1. The number of rotatable bonds is 7. The average molecular weight is 393 g/mol. The summed E-state index contributed by atoms with van der Waals surface area (Å²) in [6, 6.07) is 9.77. The van der Waals surface area contributed by atoms with E-state index in [-0.39, 0.29) is 24.2 Å². The second kappa shape index (κ2) is 9.59. The number of piperazine rings is 1. The number of quaternary nitrogens is 2. The lowest BCUT2D eigenvalue weighted by atomic mass is 10.3. The predicted molar refractivity (Wildman–Crippen MR) is 102 cm³/mol. The van der Waals surface area contributed by atoms with Crippen LogP contribution in [0.5, 0.6) is 0 Å². The molecule has 4 N–H and O–H groups in total. The van der Waals surface area contributed by atoms with E-state index in [1.165, 1.54) is 34.0 Å². The fourth-order valence-electron chi connectivity index (χ4n) is 3.18. The van der Waals surface area contributed by atoms with Crippen molar-refractivity contribution in [2.45, 2.75) is 6.54 Å². The molecule has 27 heavy (non-hydrogen) atoms. The van der Waals surface area contributed by atoms with Gasteiger partial charge in [-0.25, -0.2) is 4.39 Å². The van der Waals surface area contributed by atoms with Gasteiger partial charge in [-0.05, 0) is 35.7 Å². The van der Waals surface area contributed by atoms with E-state index in [2.05, 4.69) is 28.1 Å². The second-order valence-corrected chi connectivity index (χ2v) is 7.80. The Bertz CT molecular complexity index is 744. The lowest BCUT2D eigenvalue weighted by Crippen LogP contribution is -3.28. The van der Waals surface area contributed by atoms with Crippen LogP contribution in [0.2, 0.25) is 0 Å². The smallest absolute Gasteiger partial charge is 0.275 e. The van der Waals surface area contributed by atoms with Gasteiger partial charge < -0.3 is 20.4 Å². The molecule has 1 aromatic heterocycles. The van der Waals surface area contributed by atoms with E-state index in [0.717, 1.165) is 32.7 Å². The van der Waals surface area contributed by atoms with Gasteiger partial charge in [0.2, 0.25) is 5.91 Å². The number of carbonyl (C=O) groups excluding carboxylic acids is 2. The highest BCUT2D eigenvalue weighted by Crippen LogP contribution is 2.07. The van der Waals surface area contributed by atoms with Gasteiger partial charge in [-0.2, -0.15) is 0 Å². The molecule has 0 bridgehead atoms. The third kappa shape index (κ3) is 6.42. The largest absolute Gasteiger partial charge is 0.342 e. The topological polar surface area (TPSA) is 67.1 Å². The highest BCUT2D eigenvalue weighted by Gasteiger charge is 2.25. The van der Waals surface area contributed by atoms with Crippen LogP contribution >= 0.6 is 11.3 Å². The van der Waals surface area contributed by atoms with Crippen LogP contribution in [0.15, 0.2) is 41.8 Å². The summed E-state index contributed by atoms with van der Waals surface area (Å²) in [6.07, 6.45) is 0. The summed E-state index contributed by atoms with van der Waals surface area (Å²) < 4.78 is 12.8. The summed E-state index contributed by atoms with van der Waals surface area (Å²) >= 11 is 1.79. The van der Waals surface area contributed by atoms with E-state index < -0.39 is 0 Å². The molecule has 1 saturated heterocycles. The molecule has 8 heteroatoms. The average Bonchev–Trinajstić information content (AvgIpc) is 3.17. The third-order valence-corrected chi connectivity index (χ3v) is 5.53. The molecule has 144 valence electrons. The van der Waals surface area contributed by atoms with Crippen molar-refractivity contribution in [1.82, 2.24) is 5.32 Å². The first-order valence-electron chi connectivity index (χ1n) is 9.10. The number of anilines is 1. The zero-order valence-corrected chi connectivity index (χ0v) is 15.9. The number of thiophene rings is 1. The maximum Gasteiger partial charge on any atom is 0.275 e. The minimum absolute atomic E-state index is 0.0841. The van der Waals surface area contributed by atoms with Crippen molar-refractivity contribution in [3.63, 3.8) is 0 Å². The molecule has 0 aliphatic carbocycles. The van der Waals surface area contributed by atoms with Gasteiger partial charge in [0, 0.05) is 5.69 Å². The molecule has 3 rings (SSSR count). The fourth-order valence-corrected chi connectivity index (χ4v) is 3.95. The van der Waals surface area contributed by atoms with Crippen LogP contribution in [0.25, 0.3) is 0 Å². The van der Waals surface area contributed by atoms with Crippen LogP contribution < -0.4 is 20.4 Å². The SMILES string of the molecule is O=C(C[NH+]1CC[NH+](Cc2cccs2)CC1)NCC(=O)Nc1ccc(F)cc1. The van der Waals surface area contributed by atoms with Gasteiger partial charge in [0.1, 0.15) is 38.5 Å². The molecule has 0 atom stereocenters. The summed E-state index contributed by atoms with van der Waals surface area (Å²) in [4.78, 5) is 28.2. The minimum atomic E-state index is -0.360. The molecule has 1 fully saturated rings. The van der Waals surface area contributed by atoms with Crippen molar-refractivity contribution in [2.24, 2.45) is 0 Å². The fraction of sp³-hybridized carbons (Fsp3) is 0.368. The van der Waals surface area contributed by atoms with Crippen LogP contribution in [0.4, 0.5) is 10.1 Å². The van der Waals surface area contributed by atoms with Gasteiger partial charge in [-0.1, -0.05) is 6.07 Å². The number of halogens is 1. The van der Waals surface area contributed by atoms with Crippen LogP contribution in [0.3, 0.4) is 0 Å². The molecule has 2 aromatic rings. The standard InChI is InChI=1S/C19H23FN4O2S/c20-15-3-5-16(6-4-15)22-18(25)12-21-19(26)14-24-9-7-23(8-10-24)13-17-2-1-11-27-17/h1-6,11H,7-10,12-14H2,(H,21,26)(H,22,25)/p+2. The quantitative estimate of drug-likeness (QED) is 0.485. The molecule has 0 radical (unpaired) electrons. The Morgan fingerprint density at radius 1 is 1.00 bits per heavy atom. The van der Waals surface area contributed by atoms with E-state index in [1.807, 2.05) is 0 Å². The predicted octanol–water partition coefficient (Wildman–Crippen LogP) is -1.07. The Morgan fingerprint density at radius 2 is 1.70 bits per heavy atom. The first-order valence-corrected chi connectivity index (χ1v) is 9.98. The molecule has 0 saturated carbocycles. The van der Waals surface area contributed by atoms with Gasteiger partial charge in [0.25, 0.3) is 5.91 Å². The first kappa shape index (κ1) is 19.5. The molecule has 1 aliphatic heterocycles. The van der Waals surface area contributed by atoms with Crippen molar-refractivity contribution in [3.8, 4) is 0 Å². The van der Waals surface area contributed by atoms with Crippen molar-refractivity contribution >= 4 is 28.8 Å². The van der Waals surface area contributed by atoms with Gasteiger partial charge in [-0.3, -0.25) is 9.59 Å². The monoisotopic (exact) mass is 392 g/mol. The Kier molecular flexibility index (Phi) is 6.92. The molecule has 6 nitrogen and oxygen atoms in total. The Hall–Kier alpha value is -2.29.